The summed E-state index contributed by atoms with van der Waals surface area (Å²) < 4.78 is 65.7. The van der Waals surface area contributed by atoms with E-state index in [9.17, 15) is 43.5 Å². The van der Waals surface area contributed by atoms with Gasteiger partial charge in [-0.1, -0.05) is 51.1 Å². The molecule has 1 saturated carbocycles. The van der Waals surface area contributed by atoms with Crippen LogP contribution in [-0.2, 0) is 82.6 Å². The third kappa shape index (κ3) is 23.0. The van der Waals surface area contributed by atoms with Gasteiger partial charge in [-0.15, -0.1) is 0 Å². The van der Waals surface area contributed by atoms with Crippen molar-refractivity contribution in [1.29, 1.82) is 0 Å². The Bertz CT molecular complexity index is 2180. The second kappa shape index (κ2) is 30.1. The Morgan fingerprint density at radius 3 is 1.71 bits per heavy atom. The first-order chi connectivity index (χ1) is 36.3. The fourth-order valence-electron chi connectivity index (χ4n) is 8.91. The van der Waals surface area contributed by atoms with Crippen molar-refractivity contribution in [3.63, 3.8) is 0 Å². The number of amides is 4. The zero-order chi connectivity index (χ0) is 58.3. The van der Waals surface area contributed by atoms with E-state index in [-0.39, 0.29) is 46.2 Å². The second-order valence-electron chi connectivity index (χ2n) is 22.4. The first kappa shape index (κ1) is 67.4. The van der Waals surface area contributed by atoms with Crippen LogP contribution in [0.25, 0.3) is 0 Å². The number of aliphatic hydroxyl groups is 1. The van der Waals surface area contributed by atoms with Crippen molar-refractivity contribution >= 4 is 48.1 Å². The summed E-state index contributed by atoms with van der Waals surface area (Å²) in [5.41, 5.74) is -2.02. The number of benzene rings is 1. The van der Waals surface area contributed by atoms with Gasteiger partial charge >= 0.3 is 42.2 Å². The number of rotatable bonds is 20. The van der Waals surface area contributed by atoms with E-state index in [0.29, 0.717) is 6.42 Å². The van der Waals surface area contributed by atoms with Gasteiger partial charge in [0.25, 0.3) is 5.91 Å². The van der Waals surface area contributed by atoms with Gasteiger partial charge in [-0.25, -0.2) is 14.4 Å². The highest BCUT2D eigenvalue weighted by molar-refractivity contribution is 5.83. The number of esters is 4. The Hall–Kier alpha value is -5.86. The topological polar surface area (TPSA) is 318 Å². The maximum absolute atomic E-state index is 14.3. The Kier molecular flexibility index (Phi) is 25.7. The summed E-state index contributed by atoms with van der Waals surface area (Å²) in [4.78, 5) is 105. The molecular weight excluding hydrogens is 1040 g/mol. The number of hydrogen-bond acceptors (Lipinski definition) is 21. The van der Waals surface area contributed by atoms with E-state index in [4.69, 9.17) is 52.1 Å². The van der Waals surface area contributed by atoms with Gasteiger partial charge in [0.15, 0.2) is 30.9 Å². The quantitative estimate of drug-likeness (QED) is 0.0773. The molecule has 25 heteroatoms. The Morgan fingerprint density at radius 1 is 0.646 bits per heavy atom. The SMILES string of the molecule is C.CCC[C@H](OC(C)=O)C(=O)N[C@@H]1C[C@H](NC(=O)OC(C)(C)C)C(O[C@H]2OC(CNC(=O)OC(C)(C)C)CCC2NC(=O)OC(C)(C)C)C(O)[C@H]1O[C@H]1OC(COC(C)=O)[C@@H](OC(C)=O)[C@H](NCc2ccccc2)C1OC(C)=O. The van der Waals surface area contributed by atoms with Crippen molar-refractivity contribution in [3.8, 4) is 0 Å². The first-order valence-electron chi connectivity index (χ1n) is 26.3. The van der Waals surface area contributed by atoms with Gasteiger partial charge < -0.3 is 83.8 Å². The number of nitrogens with one attached hydrogen (secondary N) is 5. The van der Waals surface area contributed by atoms with Crippen molar-refractivity contribution < 1.29 is 95.6 Å². The van der Waals surface area contributed by atoms with E-state index in [1.807, 2.05) is 18.2 Å². The van der Waals surface area contributed by atoms with Crippen LogP contribution in [0.2, 0.25) is 0 Å². The van der Waals surface area contributed by atoms with E-state index < -0.39 is 157 Å². The van der Waals surface area contributed by atoms with E-state index in [1.165, 1.54) is 0 Å². The highest BCUT2D eigenvalue weighted by Crippen LogP contribution is 2.35. The molecule has 2 heterocycles. The Balaban J connectivity index is 0.0000164. The van der Waals surface area contributed by atoms with Crippen LogP contribution in [0.1, 0.15) is 142 Å². The summed E-state index contributed by atoms with van der Waals surface area (Å²) in [5, 5.41) is 27.4. The minimum Gasteiger partial charge on any atom is -0.463 e. The van der Waals surface area contributed by atoms with E-state index >= 15 is 0 Å². The van der Waals surface area contributed by atoms with E-state index in [0.717, 1.165) is 33.3 Å². The predicted molar refractivity (Wildman–Crippen MR) is 281 cm³/mol. The van der Waals surface area contributed by atoms with Crippen LogP contribution in [0.15, 0.2) is 30.3 Å². The summed E-state index contributed by atoms with van der Waals surface area (Å²) in [6, 6.07) is 4.22. The van der Waals surface area contributed by atoms with Crippen LogP contribution in [0.4, 0.5) is 14.4 Å². The smallest absolute Gasteiger partial charge is 0.408 e. The molecule has 2 aliphatic heterocycles. The molecule has 0 bridgehead atoms. The first-order valence-corrected chi connectivity index (χ1v) is 26.3. The monoisotopic (exact) mass is 1130 g/mol. The maximum atomic E-state index is 14.3. The molecule has 2 saturated heterocycles. The molecule has 0 radical (unpaired) electrons. The summed E-state index contributed by atoms with van der Waals surface area (Å²) in [6.45, 7) is 20.9. The van der Waals surface area contributed by atoms with Crippen molar-refractivity contribution in [2.24, 2.45) is 0 Å². The number of carbonyl (C=O) groups is 8. The van der Waals surface area contributed by atoms with Crippen molar-refractivity contribution in [2.45, 2.75) is 245 Å². The second-order valence-corrected chi connectivity index (χ2v) is 22.4. The highest BCUT2D eigenvalue weighted by Gasteiger charge is 2.55. The maximum Gasteiger partial charge on any atom is 0.408 e. The van der Waals surface area contributed by atoms with E-state index in [1.54, 1.807) is 81.4 Å². The molecule has 1 aliphatic carbocycles. The largest absolute Gasteiger partial charge is 0.463 e. The molecular formula is C54H87N5O20. The molecule has 6 unspecified atom stereocenters. The van der Waals surface area contributed by atoms with Gasteiger partial charge in [-0.2, -0.15) is 0 Å². The lowest BCUT2D eigenvalue weighted by Gasteiger charge is -2.50. The average Bonchev–Trinajstić information content (AvgIpc) is 3.29. The average molecular weight is 1130 g/mol. The van der Waals surface area contributed by atoms with Gasteiger partial charge in [0.1, 0.15) is 47.8 Å². The molecule has 4 rings (SSSR count). The summed E-state index contributed by atoms with van der Waals surface area (Å²) in [7, 11) is 0. The molecule has 79 heavy (non-hydrogen) atoms. The normalized spacial score (nSPS) is 27.5. The van der Waals surface area contributed by atoms with Crippen LogP contribution in [0.5, 0.6) is 0 Å². The lowest BCUT2D eigenvalue weighted by Crippen LogP contribution is -2.71. The number of carbonyl (C=O) groups excluding carboxylic acids is 8. The van der Waals surface area contributed by atoms with Crippen LogP contribution in [0, 0.1) is 0 Å². The minimum absolute atomic E-state index is 0. The zero-order valence-electron chi connectivity index (χ0n) is 47.3. The van der Waals surface area contributed by atoms with Gasteiger partial charge in [0, 0.05) is 40.8 Å². The highest BCUT2D eigenvalue weighted by atomic mass is 16.7. The van der Waals surface area contributed by atoms with Gasteiger partial charge in [-0.05, 0) is 93.6 Å². The molecule has 0 spiro atoms. The standard InChI is InChI=1S/C53H83N5O20.CH4/c1-15-19-37(69-29(3)60)45(64)56-35-24-36(58-50(67)78-53(12,13)14)42(74-46-34(57-49(66)77-52(9,10)11)23-22-33(72-46)26-55-48(65)76-51(6,7)8)40(63)41(35)75-47-44(71-31(5)62)39(54-25-32-20-17-16-18-21-32)43(70-30(4)61)38(73-47)27-68-28(2)59;/h16-18,20-21,33-44,46-47,54,63H,15,19,22-27H2,1-14H3,(H,55,65)(H,56,64)(H,57,66)(H,58,67);1H4/t33?,34?,35-,36+,37+,38?,39+,40?,41+,42?,43-,44?,46-,47-;/m1./s1. The number of ether oxygens (including phenoxy) is 11. The van der Waals surface area contributed by atoms with Crippen LogP contribution in [0.3, 0.4) is 0 Å². The van der Waals surface area contributed by atoms with Crippen molar-refractivity contribution in [1.82, 2.24) is 26.6 Å². The summed E-state index contributed by atoms with van der Waals surface area (Å²) >= 11 is 0. The summed E-state index contributed by atoms with van der Waals surface area (Å²) in [6.07, 6.45) is -16.7. The minimum atomic E-state index is -1.95. The van der Waals surface area contributed by atoms with Crippen LogP contribution in [-0.4, -0.2) is 169 Å². The number of aliphatic hydroxyl groups excluding tert-OH is 1. The fourth-order valence-corrected chi connectivity index (χ4v) is 8.91. The lowest BCUT2D eigenvalue weighted by molar-refractivity contribution is -0.319. The molecule has 1 aromatic rings. The predicted octanol–water partition coefficient (Wildman–Crippen LogP) is 4.50. The van der Waals surface area contributed by atoms with Gasteiger partial charge in [-0.3, -0.25) is 24.0 Å². The van der Waals surface area contributed by atoms with Crippen LogP contribution < -0.4 is 26.6 Å². The zero-order valence-corrected chi connectivity index (χ0v) is 47.3. The Labute approximate surface area is 463 Å². The molecule has 4 amide bonds. The summed E-state index contributed by atoms with van der Waals surface area (Å²) in [5.74, 6) is -3.88. The van der Waals surface area contributed by atoms with Gasteiger partial charge in [0.05, 0.1) is 30.3 Å². The number of alkyl carbamates (subject to hydrolysis) is 3. The molecule has 6 N–H and O–H groups in total. The molecule has 0 aromatic heterocycles. The third-order valence-electron chi connectivity index (χ3n) is 11.9. The fraction of sp³-hybridized carbons (Fsp3) is 0.741. The molecule has 3 aliphatic rings. The molecule has 448 valence electrons. The molecule has 25 nitrogen and oxygen atoms in total. The molecule has 14 atom stereocenters. The molecule has 1 aromatic carbocycles. The van der Waals surface area contributed by atoms with Crippen LogP contribution >= 0.6 is 0 Å². The van der Waals surface area contributed by atoms with Crippen molar-refractivity contribution in [2.75, 3.05) is 13.2 Å². The Morgan fingerprint density at radius 2 is 1.18 bits per heavy atom. The van der Waals surface area contributed by atoms with Crippen molar-refractivity contribution in [3.05, 3.63) is 35.9 Å². The van der Waals surface area contributed by atoms with E-state index in [2.05, 4.69) is 26.6 Å². The number of hydrogen-bond donors (Lipinski definition) is 6. The lowest BCUT2D eigenvalue weighted by atomic mass is 9.83. The van der Waals surface area contributed by atoms with Gasteiger partial charge in [0.2, 0.25) is 0 Å². The molecule has 3 fully saturated rings. The third-order valence-corrected chi connectivity index (χ3v) is 11.9.